The van der Waals surface area contributed by atoms with Crippen LogP contribution in [-0.2, 0) is 0 Å². The Kier molecular flexibility index (Phi) is 5.76. The van der Waals surface area contributed by atoms with Crippen molar-refractivity contribution >= 4 is 38.5 Å². The van der Waals surface area contributed by atoms with Crippen LogP contribution >= 0.6 is 11.3 Å². The Morgan fingerprint density at radius 3 is 2.68 bits per heavy atom. The molecule has 3 aromatic rings. The number of nitro groups is 1. The third-order valence-corrected chi connectivity index (χ3v) is 5.63. The summed E-state index contributed by atoms with van der Waals surface area (Å²) in [5, 5.41) is 11.5. The van der Waals surface area contributed by atoms with Crippen molar-refractivity contribution in [1.82, 2.24) is 4.98 Å². The first-order valence-corrected chi connectivity index (χ1v) is 9.81. The van der Waals surface area contributed by atoms with Crippen LogP contribution in [0.15, 0.2) is 28.7 Å². The Labute approximate surface area is 166 Å². The van der Waals surface area contributed by atoms with Crippen molar-refractivity contribution in [2.75, 3.05) is 32.1 Å². The number of nitrogens with one attached hydrogen (secondary N) is 1. The lowest BCUT2D eigenvalue weighted by molar-refractivity contribution is -0.858. The van der Waals surface area contributed by atoms with Gasteiger partial charge in [0.15, 0.2) is 10.9 Å². The van der Waals surface area contributed by atoms with E-state index < -0.39 is 16.7 Å². The summed E-state index contributed by atoms with van der Waals surface area (Å²) in [4.78, 5) is 30.8. The monoisotopic (exact) mass is 403 g/mol. The Hall–Kier alpha value is -2.78. The summed E-state index contributed by atoms with van der Waals surface area (Å²) in [6, 6.07) is 6.58. The van der Waals surface area contributed by atoms with Crippen LogP contribution in [0.4, 0.5) is 11.0 Å². The minimum absolute atomic E-state index is 0.0592. The van der Waals surface area contributed by atoms with Crippen LogP contribution in [0.5, 0.6) is 0 Å². The number of furan rings is 1. The summed E-state index contributed by atoms with van der Waals surface area (Å²) in [7, 11) is 4.09. The van der Waals surface area contributed by atoms with Gasteiger partial charge in [0.1, 0.15) is 4.92 Å². The molecule has 0 bridgehead atoms. The number of hydrogen-bond acceptors (Lipinski definition) is 6. The number of aryl methyl sites for hydroxylation is 2. The van der Waals surface area contributed by atoms with Crippen LogP contribution in [0.1, 0.15) is 28.1 Å². The first kappa shape index (κ1) is 20.0. The first-order chi connectivity index (χ1) is 13.3. The van der Waals surface area contributed by atoms with Crippen LogP contribution in [0.25, 0.3) is 10.2 Å². The lowest BCUT2D eigenvalue weighted by atomic mass is 10.1. The van der Waals surface area contributed by atoms with Crippen LogP contribution in [0, 0.1) is 24.0 Å². The zero-order valence-corrected chi connectivity index (χ0v) is 17.1. The Morgan fingerprint density at radius 2 is 2.04 bits per heavy atom. The van der Waals surface area contributed by atoms with Crippen molar-refractivity contribution in [3.63, 3.8) is 0 Å². The van der Waals surface area contributed by atoms with Crippen LogP contribution < -0.4 is 9.80 Å². The van der Waals surface area contributed by atoms with Crippen LogP contribution in [0.2, 0.25) is 0 Å². The molecule has 8 nitrogen and oxygen atoms in total. The predicted octanol–water partition coefficient (Wildman–Crippen LogP) is 2.60. The third kappa shape index (κ3) is 4.05. The number of benzene rings is 1. The number of anilines is 1. The van der Waals surface area contributed by atoms with E-state index in [0.29, 0.717) is 11.7 Å². The van der Waals surface area contributed by atoms with Gasteiger partial charge < -0.3 is 9.32 Å². The summed E-state index contributed by atoms with van der Waals surface area (Å²) < 4.78 is 6.13. The number of amides is 1. The van der Waals surface area contributed by atoms with Gasteiger partial charge in [-0.25, -0.2) is 4.98 Å². The first-order valence-electron chi connectivity index (χ1n) is 8.99. The zero-order valence-electron chi connectivity index (χ0n) is 16.3. The molecule has 1 amide bonds. The number of carbonyl (C=O) groups is 1. The van der Waals surface area contributed by atoms with E-state index in [1.54, 1.807) is 4.90 Å². The minimum Gasteiger partial charge on any atom is -0.395 e. The SMILES string of the molecule is Cc1ccc2sc(N(CCC[NH+](C)C)C(=O)c3ccc([N+](=O)[O-])o3)nc2c1C. The summed E-state index contributed by atoms with van der Waals surface area (Å²) in [5.74, 6) is -0.928. The van der Waals surface area contributed by atoms with Crippen molar-refractivity contribution in [3.05, 3.63) is 51.3 Å². The molecule has 0 saturated heterocycles. The van der Waals surface area contributed by atoms with Gasteiger partial charge >= 0.3 is 5.88 Å². The lowest BCUT2D eigenvalue weighted by Gasteiger charge is -2.19. The topological polar surface area (TPSA) is 93.9 Å². The van der Waals surface area contributed by atoms with E-state index in [4.69, 9.17) is 9.40 Å². The molecule has 0 aliphatic heterocycles. The van der Waals surface area contributed by atoms with Crippen molar-refractivity contribution in [2.45, 2.75) is 20.3 Å². The molecule has 0 aliphatic rings. The van der Waals surface area contributed by atoms with Crippen molar-refractivity contribution in [3.8, 4) is 0 Å². The highest BCUT2D eigenvalue weighted by molar-refractivity contribution is 7.22. The molecule has 0 saturated carbocycles. The third-order valence-electron chi connectivity index (χ3n) is 4.59. The number of carbonyl (C=O) groups excluding carboxylic acids is 1. The second-order valence-corrected chi connectivity index (χ2v) is 8.02. The molecule has 0 atom stereocenters. The van der Waals surface area contributed by atoms with E-state index in [2.05, 4.69) is 0 Å². The Balaban J connectivity index is 1.97. The number of thiazole rings is 1. The van der Waals surface area contributed by atoms with Gasteiger partial charge in [-0.05, 0) is 37.1 Å². The van der Waals surface area contributed by atoms with Gasteiger partial charge in [0.05, 0.1) is 36.9 Å². The van der Waals surface area contributed by atoms with E-state index in [0.717, 1.165) is 34.3 Å². The predicted molar refractivity (Wildman–Crippen MR) is 108 cm³/mol. The van der Waals surface area contributed by atoms with E-state index in [1.807, 2.05) is 40.1 Å². The van der Waals surface area contributed by atoms with E-state index in [1.165, 1.54) is 28.4 Å². The molecule has 0 aliphatic carbocycles. The maximum atomic E-state index is 13.1. The van der Waals surface area contributed by atoms with Crippen LogP contribution in [-0.4, -0.2) is 43.0 Å². The normalized spacial score (nSPS) is 11.3. The number of rotatable bonds is 7. The maximum absolute atomic E-state index is 13.1. The molecule has 0 radical (unpaired) electrons. The van der Waals surface area contributed by atoms with Crippen molar-refractivity contribution < 1.29 is 19.0 Å². The van der Waals surface area contributed by atoms with Crippen molar-refractivity contribution in [2.24, 2.45) is 0 Å². The summed E-state index contributed by atoms with van der Waals surface area (Å²) in [6.07, 6.45) is 0.769. The standard InChI is InChI=1S/C19H22N4O4S/c1-12-6-8-15-17(13(12)2)20-19(28-15)22(11-5-10-21(3)4)18(24)14-7-9-16(27-14)23(25)26/h6-9H,5,10-11H2,1-4H3/p+1. The van der Waals surface area contributed by atoms with Gasteiger partial charge in [-0.2, -0.15) is 0 Å². The van der Waals surface area contributed by atoms with E-state index >= 15 is 0 Å². The van der Waals surface area contributed by atoms with Gasteiger partial charge in [0, 0.05) is 13.0 Å². The quantitative estimate of drug-likeness (QED) is 0.483. The minimum atomic E-state index is -0.652. The molecular weight excluding hydrogens is 380 g/mol. The lowest BCUT2D eigenvalue weighted by Crippen LogP contribution is -3.05. The molecule has 0 spiro atoms. The smallest absolute Gasteiger partial charge is 0.395 e. The number of quaternary nitrogens is 1. The second kappa shape index (κ2) is 8.07. The Bertz CT molecular complexity index is 1020. The van der Waals surface area contributed by atoms with Gasteiger partial charge in [-0.3, -0.25) is 19.8 Å². The van der Waals surface area contributed by atoms with Gasteiger partial charge in [0.2, 0.25) is 0 Å². The molecule has 9 heteroatoms. The number of aromatic nitrogens is 1. The molecule has 0 fully saturated rings. The fourth-order valence-corrected chi connectivity index (χ4v) is 3.93. The van der Waals surface area contributed by atoms with Gasteiger partial charge in [0.25, 0.3) is 5.91 Å². The average molecular weight is 403 g/mol. The molecule has 1 N–H and O–H groups in total. The molecule has 1 aromatic carbocycles. The van der Waals surface area contributed by atoms with Crippen LogP contribution in [0.3, 0.4) is 0 Å². The number of hydrogen-bond donors (Lipinski definition) is 1. The Morgan fingerprint density at radius 1 is 1.29 bits per heavy atom. The highest BCUT2D eigenvalue weighted by atomic mass is 32.1. The molecule has 148 valence electrons. The highest BCUT2D eigenvalue weighted by Crippen LogP contribution is 2.33. The fourth-order valence-electron chi connectivity index (χ4n) is 2.88. The summed E-state index contributed by atoms with van der Waals surface area (Å²) in [5.41, 5.74) is 3.10. The maximum Gasteiger partial charge on any atom is 0.433 e. The zero-order chi connectivity index (χ0) is 20.4. The summed E-state index contributed by atoms with van der Waals surface area (Å²) in [6.45, 7) is 5.37. The van der Waals surface area contributed by atoms with Gasteiger partial charge in [-0.15, -0.1) is 0 Å². The molecule has 0 unspecified atom stereocenters. The average Bonchev–Trinajstić information content (AvgIpc) is 3.28. The largest absolute Gasteiger partial charge is 0.433 e. The van der Waals surface area contributed by atoms with E-state index in [9.17, 15) is 14.9 Å². The van der Waals surface area contributed by atoms with Crippen molar-refractivity contribution in [1.29, 1.82) is 0 Å². The molecular formula is C19H23N4O4S+. The fraction of sp³-hybridized carbons (Fsp3) is 0.368. The van der Waals surface area contributed by atoms with Gasteiger partial charge in [-0.1, -0.05) is 17.4 Å². The summed E-state index contributed by atoms with van der Waals surface area (Å²) >= 11 is 1.43. The molecule has 28 heavy (non-hydrogen) atoms. The second-order valence-electron chi connectivity index (χ2n) is 7.01. The number of fused-ring (bicyclic) bond motifs is 1. The number of nitrogens with zero attached hydrogens (tertiary/aromatic N) is 3. The van der Waals surface area contributed by atoms with E-state index in [-0.39, 0.29) is 5.76 Å². The molecule has 2 aromatic heterocycles. The highest BCUT2D eigenvalue weighted by Gasteiger charge is 2.26. The molecule has 2 heterocycles. The molecule has 3 rings (SSSR count).